The lowest BCUT2D eigenvalue weighted by Gasteiger charge is -2.23. The number of rotatable bonds is 0. The molecule has 1 saturated heterocycles. The quantitative estimate of drug-likeness (QED) is 0.413. The van der Waals surface area contributed by atoms with Gasteiger partial charge in [0, 0.05) is 0 Å². The molecule has 0 radical (unpaired) electrons. The van der Waals surface area contributed by atoms with Crippen LogP contribution in [0, 0.1) is 0 Å². The van der Waals surface area contributed by atoms with Gasteiger partial charge in [0.25, 0.3) is 0 Å². The Bertz CT molecular complexity index is 64.9. The van der Waals surface area contributed by atoms with Gasteiger partial charge in [0.2, 0.25) is 0 Å². The molecule has 0 spiro atoms. The molecule has 0 bridgehead atoms. The molecule has 1 aliphatic rings. The highest BCUT2D eigenvalue weighted by Crippen LogP contribution is 1.84. The molecule has 8 heavy (non-hydrogen) atoms. The summed E-state index contributed by atoms with van der Waals surface area (Å²) in [6, 6.07) is 1.41. The van der Waals surface area contributed by atoms with E-state index in [1.807, 2.05) is 0 Å². The number of nitrogens with one attached hydrogen (secondary N) is 1. The van der Waals surface area contributed by atoms with Gasteiger partial charge in [-0.2, -0.15) is 0 Å². The minimum Gasteiger partial charge on any atom is -0.344 e. The average molecular weight is 115 g/mol. The van der Waals surface area contributed by atoms with E-state index >= 15 is 0 Å². The third kappa shape index (κ3) is 1.46. The van der Waals surface area contributed by atoms with Crippen molar-refractivity contribution < 1.29 is 5.32 Å². The first-order chi connectivity index (χ1) is 3.79. The van der Waals surface area contributed by atoms with Gasteiger partial charge in [-0.3, -0.25) is 0 Å². The molecule has 0 aromatic rings. The maximum Gasteiger partial charge on any atom is 0.0909 e. The van der Waals surface area contributed by atoms with Gasteiger partial charge < -0.3 is 10.6 Å². The number of piperazine rings is 1. The van der Waals surface area contributed by atoms with Crippen LogP contribution in [0.15, 0.2) is 0 Å². The van der Waals surface area contributed by atoms with Crippen LogP contribution in [0.4, 0.5) is 0 Å². The van der Waals surface area contributed by atoms with Crippen LogP contribution in [-0.2, 0) is 0 Å². The maximum absolute atomic E-state index is 3.45. The second kappa shape index (κ2) is 2.46. The molecule has 0 aliphatic carbocycles. The molecule has 1 aliphatic heterocycles. The van der Waals surface area contributed by atoms with E-state index in [1.165, 1.54) is 13.1 Å². The van der Waals surface area contributed by atoms with E-state index in [0.29, 0.717) is 12.1 Å². The maximum atomic E-state index is 3.45. The summed E-state index contributed by atoms with van der Waals surface area (Å²) in [5.41, 5.74) is 0. The number of quaternary nitrogens is 1. The first-order valence-electron chi connectivity index (χ1n) is 3.37. The predicted octanol–water partition coefficient (Wildman–Crippen LogP) is -1.07. The second-order valence-corrected chi connectivity index (χ2v) is 2.73. The summed E-state index contributed by atoms with van der Waals surface area (Å²) in [6.45, 7) is 6.94. The van der Waals surface area contributed by atoms with E-state index in [-0.39, 0.29) is 0 Å². The molecule has 0 aromatic heterocycles. The Kier molecular flexibility index (Phi) is 1.86. The second-order valence-electron chi connectivity index (χ2n) is 2.73. The molecule has 2 nitrogen and oxygen atoms in total. The minimum atomic E-state index is 0.707. The third-order valence-electron chi connectivity index (χ3n) is 1.61. The van der Waals surface area contributed by atoms with Crippen LogP contribution in [0.1, 0.15) is 13.8 Å². The highest BCUT2D eigenvalue weighted by molar-refractivity contribution is 4.67. The van der Waals surface area contributed by atoms with Crippen molar-refractivity contribution in [1.29, 1.82) is 0 Å². The largest absolute Gasteiger partial charge is 0.344 e. The van der Waals surface area contributed by atoms with Crippen molar-refractivity contribution in [2.24, 2.45) is 0 Å². The molecule has 0 unspecified atom stereocenters. The summed E-state index contributed by atoms with van der Waals surface area (Å²) in [7, 11) is 0. The zero-order valence-corrected chi connectivity index (χ0v) is 5.65. The third-order valence-corrected chi connectivity index (χ3v) is 1.61. The van der Waals surface area contributed by atoms with Crippen LogP contribution in [0.5, 0.6) is 0 Å². The molecule has 3 N–H and O–H groups in total. The average Bonchev–Trinajstić information content (AvgIpc) is 1.64. The van der Waals surface area contributed by atoms with E-state index in [1.54, 1.807) is 0 Å². The van der Waals surface area contributed by atoms with Gasteiger partial charge in [-0.15, -0.1) is 0 Å². The van der Waals surface area contributed by atoms with Crippen LogP contribution in [0.3, 0.4) is 0 Å². The molecule has 1 fully saturated rings. The lowest BCUT2D eigenvalue weighted by Crippen LogP contribution is -2.92. The topological polar surface area (TPSA) is 28.6 Å². The van der Waals surface area contributed by atoms with E-state index in [2.05, 4.69) is 24.5 Å². The fourth-order valence-corrected chi connectivity index (χ4v) is 1.22. The Labute approximate surface area is 50.7 Å². The van der Waals surface area contributed by atoms with Crippen molar-refractivity contribution in [1.82, 2.24) is 5.32 Å². The van der Waals surface area contributed by atoms with Crippen LogP contribution in [-0.4, -0.2) is 25.2 Å². The Morgan fingerprint density at radius 3 is 2.00 bits per heavy atom. The van der Waals surface area contributed by atoms with Crippen molar-refractivity contribution in [3.63, 3.8) is 0 Å². The van der Waals surface area contributed by atoms with Crippen molar-refractivity contribution in [2.45, 2.75) is 25.9 Å². The zero-order chi connectivity index (χ0) is 5.98. The van der Waals surface area contributed by atoms with Gasteiger partial charge in [-0.1, -0.05) is 0 Å². The van der Waals surface area contributed by atoms with Crippen molar-refractivity contribution in [3.8, 4) is 0 Å². The van der Waals surface area contributed by atoms with E-state index in [4.69, 9.17) is 0 Å². The van der Waals surface area contributed by atoms with Gasteiger partial charge in [0.1, 0.15) is 0 Å². The zero-order valence-electron chi connectivity index (χ0n) is 5.65. The summed E-state index contributed by atoms with van der Waals surface area (Å²) in [5.74, 6) is 0. The molecular weight excluding hydrogens is 100 g/mol. The van der Waals surface area contributed by atoms with Crippen molar-refractivity contribution in [3.05, 3.63) is 0 Å². The molecule has 1 rings (SSSR count). The Morgan fingerprint density at radius 1 is 1.25 bits per heavy atom. The van der Waals surface area contributed by atoms with Crippen molar-refractivity contribution in [2.75, 3.05) is 13.1 Å². The van der Waals surface area contributed by atoms with Gasteiger partial charge in [-0.25, -0.2) is 0 Å². The predicted molar refractivity (Wildman–Crippen MR) is 33.7 cm³/mol. The molecule has 0 aromatic carbocycles. The summed E-state index contributed by atoms with van der Waals surface area (Å²) in [5, 5.41) is 5.81. The van der Waals surface area contributed by atoms with Crippen LogP contribution in [0.2, 0.25) is 0 Å². The van der Waals surface area contributed by atoms with Gasteiger partial charge in [0.15, 0.2) is 0 Å². The van der Waals surface area contributed by atoms with Crippen LogP contribution < -0.4 is 10.6 Å². The molecule has 1 heterocycles. The molecular formula is C6H15N2+. The molecule has 0 saturated carbocycles. The van der Waals surface area contributed by atoms with Crippen LogP contribution >= 0.6 is 0 Å². The van der Waals surface area contributed by atoms with Crippen LogP contribution in [0.25, 0.3) is 0 Å². The summed E-state index contributed by atoms with van der Waals surface area (Å²) >= 11 is 0. The van der Waals surface area contributed by atoms with E-state index in [9.17, 15) is 0 Å². The first kappa shape index (κ1) is 6.05. The van der Waals surface area contributed by atoms with Crippen molar-refractivity contribution >= 4 is 0 Å². The lowest BCUT2D eigenvalue weighted by molar-refractivity contribution is -0.666. The number of nitrogens with two attached hydrogens (primary N) is 1. The monoisotopic (exact) mass is 115 g/mol. The van der Waals surface area contributed by atoms with E-state index < -0.39 is 0 Å². The summed E-state index contributed by atoms with van der Waals surface area (Å²) in [6.07, 6.45) is 0. The number of hydrogen-bond acceptors (Lipinski definition) is 1. The normalized spacial score (nSPS) is 39.8. The molecule has 2 heteroatoms. The van der Waals surface area contributed by atoms with Gasteiger partial charge in [-0.05, 0) is 13.8 Å². The Balaban J connectivity index is 2.23. The summed E-state index contributed by atoms with van der Waals surface area (Å²) in [4.78, 5) is 0. The first-order valence-corrected chi connectivity index (χ1v) is 3.37. The highest BCUT2D eigenvalue weighted by Gasteiger charge is 2.14. The van der Waals surface area contributed by atoms with E-state index in [0.717, 1.165) is 0 Å². The Hall–Kier alpha value is -0.0800. The lowest BCUT2D eigenvalue weighted by atomic mass is 10.2. The smallest absolute Gasteiger partial charge is 0.0909 e. The Morgan fingerprint density at radius 2 is 1.75 bits per heavy atom. The van der Waals surface area contributed by atoms with Gasteiger partial charge in [0.05, 0.1) is 25.2 Å². The molecule has 48 valence electrons. The molecule has 2 atom stereocenters. The highest BCUT2D eigenvalue weighted by atomic mass is 15.1. The standard InChI is InChI=1S/C6H14N2/c1-5-3-7-4-6(2)8-5/h5-8H,3-4H2,1-2H3/p+1/t5-,6-/m1/s1. The molecule has 0 amide bonds. The number of hydrogen-bond donors (Lipinski definition) is 2. The van der Waals surface area contributed by atoms with Gasteiger partial charge >= 0.3 is 0 Å². The fraction of sp³-hybridized carbons (Fsp3) is 1.00. The minimum absolute atomic E-state index is 0.707. The summed E-state index contributed by atoms with van der Waals surface area (Å²) < 4.78 is 0. The SMILES string of the molecule is C[C@@H]1C[NH2+]C[C@@H](C)N1. The fourth-order valence-electron chi connectivity index (χ4n) is 1.22.